The van der Waals surface area contributed by atoms with Gasteiger partial charge < -0.3 is 5.32 Å². The third-order valence-electron chi connectivity index (χ3n) is 3.05. The van der Waals surface area contributed by atoms with Crippen LogP contribution in [0.1, 0.15) is 20.8 Å². The SMILES string of the molecule is CC(C)(C)S(=O)(=O)CCNc1c(Cl)cc(Cl)c2c1N=S=N2. The van der Waals surface area contributed by atoms with Crippen molar-refractivity contribution in [1.29, 1.82) is 0 Å². The fourth-order valence-corrected chi connectivity index (χ4v) is 3.82. The van der Waals surface area contributed by atoms with E-state index in [9.17, 15) is 8.42 Å². The second-order valence-corrected chi connectivity index (χ2v) is 9.74. The summed E-state index contributed by atoms with van der Waals surface area (Å²) < 4.78 is 31.6. The van der Waals surface area contributed by atoms with E-state index in [1.807, 2.05) is 0 Å². The minimum Gasteiger partial charge on any atom is -0.381 e. The number of benzene rings is 1. The van der Waals surface area contributed by atoms with Crippen LogP contribution >= 0.6 is 23.2 Å². The molecule has 0 fully saturated rings. The van der Waals surface area contributed by atoms with E-state index >= 15 is 0 Å². The van der Waals surface area contributed by atoms with E-state index in [2.05, 4.69) is 14.0 Å². The largest absolute Gasteiger partial charge is 0.381 e. The molecule has 1 aliphatic rings. The molecule has 5 nitrogen and oxygen atoms in total. The first-order valence-corrected chi connectivity index (χ1v) is 9.34. The Hall–Kier alpha value is -0.630. The van der Waals surface area contributed by atoms with Gasteiger partial charge >= 0.3 is 0 Å². The molecule has 1 aromatic rings. The highest BCUT2D eigenvalue weighted by atomic mass is 35.5. The highest BCUT2D eigenvalue weighted by molar-refractivity contribution is 7.92. The molecule has 0 saturated carbocycles. The molecule has 1 aromatic carbocycles. The van der Waals surface area contributed by atoms with Crippen molar-refractivity contribution in [2.75, 3.05) is 17.6 Å². The molecule has 9 heteroatoms. The van der Waals surface area contributed by atoms with Gasteiger partial charge in [0, 0.05) is 6.54 Å². The molecule has 0 bridgehead atoms. The lowest BCUT2D eigenvalue weighted by Gasteiger charge is -2.20. The quantitative estimate of drug-likeness (QED) is 0.872. The van der Waals surface area contributed by atoms with E-state index in [0.717, 1.165) is 11.4 Å². The van der Waals surface area contributed by atoms with Gasteiger partial charge in [-0.3, -0.25) is 0 Å². The summed E-state index contributed by atoms with van der Waals surface area (Å²) in [4.78, 5) is 0. The summed E-state index contributed by atoms with van der Waals surface area (Å²) in [5.74, 6) is 0.00845. The smallest absolute Gasteiger partial charge is 0.156 e. The molecule has 0 spiro atoms. The maximum absolute atomic E-state index is 12.1. The van der Waals surface area contributed by atoms with Crippen LogP contribution in [0.15, 0.2) is 14.8 Å². The van der Waals surface area contributed by atoms with Gasteiger partial charge in [-0.15, -0.1) is 0 Å². The number of anilines is 1. The predicted molar refractivity (Wildman–Crippen MR) is 90.0 cm³/mol. The average Bonchev–Trinajstić information content (AvgIpc) is 2.81. The number of nitrogens with zero attached hydrogens (tertiary/aromatic N) is 2. The zero-order valence-electron chi connectivity index (χ0n) is 11.8. The first-order chi connectivity index (χ1) is 9.63. The fourth-order valence-electron chi connectivity index (χ4n) is 1.66. The van der Waals surface area contributed by atoms with Crippen LogP contribution in [-0.2, 0) is 21.2 Å². The summed E-state index contributed by atoms with van der Waals surface area (Å²) in [6.07, 6.45) is 0. The molecule has 0 aromatic heterocycles. The summed E-state index contributed by atoms with van der Waals surface area (Å²) >= 11 is 13.2. The minimum atomic E-state index is -3.19. The second kappa shape index (κ2) is 5.87. The molecule has 0 radical (unpaired) electrons. The van der Waals surface area contributed by atoms with E-state index in [1.165, 1.54) is 0 Å². The van der Waals surface area contributed by atoms with Crippen LogP contribution in [0.25, 0.3) is 0 Å². The van der Waals surface area contributed by atoms with Gasteiger partial charge in [-0.1, -0.05) is 23.2 Å². The number of sulfone groups is 1. The summed E-state index contributed by atoms with van der Waals surface area (Å²) in [5.41, 5.74) is 1.69. The zero-order valence-corrected chi connectivity index (χ0v) is 14.9. The number of halogens is 2. The lowest BCUT2D eigenvalue weighted by atomic mass is 10.2. The Labute approximate surface area is 137 Å². The van der Waals surface area contributed by atoms with Gasteiger partial charge in [-0.05, 0) is 26.8 Å². The van der Waals surface area contributed by atoms with Crippen LogP contribution < -0.4 is 5.32 Å². The molecular weight excluding hydrogens is 353 g/mol. The molecule has 1 N–H and O–H groups in total. The second-order valence-electron chi connectivity index (χ2n) is 5.53. The van der Waals surface area contributed by atoms with E-state index in [0.29, 0.717) is 27.1 Å². The van der Waals surface area contributed by atoms with Gasteiger partial charge in [0.2, 0.25) is 0 Å². The average molecular weight is 368 g/mol. The van der Waals surface area contributed by atoms with Crippen LogP contribution in [0.5, 0.6) is 0 Å². The Kier molecular flexibility index (Phi) is 4.68. The van der Waals surface area contributed by atoms with Crippen LogP contribution in [0.3, 0.4) is 0 Å². The maximum atomic E-state index is 12.1. The van der Waals surface area contributed by atoms with Crippen molar-refractivity contribution in [1.82, 2.24) is 0 Å². The van der Waals surface area contributed by atoms with Crippen molar-refractivity contribution in [2.24, 2.45) is 8.73 Å². The Morgan fingerprint density at radius 2 is 1.81 bits per heavy atom. The van der Waals surface area contributed by atoms with E-state index in [-0.39, 0.29) is 12.3 Å². The number of fused-ring (bicyclic) bond motifs is 1. The molecule has 0 aliphatic carbocycles. The monoisotopic (exact) mass is 367 g/mol. The van der Waals surface area contributed by atoms with Crippen LogP contribution in [0.4, 0.5) is 17.1 Å². The lowest BCUT2D eigenvalue weighted by Crippen LogP contribution is -2.32. The van der Waals surface area contributed by atoms with Gasteiger partial charge in [-0.2, -0.15) is 8.73 Å². The maximum Gasteiger partial charge on any atom is 0.156 e. The van der Waals surface area contributed by atoms with Crippen molar-refractivity contribution in [3.63, 3.8) is 0 Å². The molecule has 0 unspecified atom stereocenters. The first kappa shape index (κ1) is 16.7. The third kappa shape index (κ3) is 3.41. The van der Waals surface area contributed by atoms with Crippen molar-refractivity contribution in [3.8, 4) is 0 Å². The molecule has 0 atom stereocenters. The Morgan fingerprint density at radius 1 is 1.19 bits per heavy atom. The van der Waals surface area contributed by atoms with Crippen LogP contribution in [0.2, 0.25) is 10.0 Å². The van der Waals surface area contributed by atoms with Crippen molar-refractivity contribution in [2.45, 2.75) is 25.5 Å². The highest BCUT2D eigenvalue weighted by Crippen LogP contribution is 2.47. The summed E-state index contributed by atoms with van der Waals surface area (Å²) in [6, 6.07) is 1.58. The number of hydrogen-bond acceptors (Lipinski definition) is 5. The van der Waals surface area contributed by atoms with E-state index < -0.39 is 14.6 Å². The Morgan fingerprint density at radius 3 is 2.43 bits per heavy atom. The minimum absolute atomic E-state index is 0.00845. The van der Waals surface area contributed by atoms with Crippen LogP contribution in [-0.4, -0.2) is 25.5 Å². The number of hydrogen-bond donors (Lipinski definition) is 1. The molecule has 116 valence electrons. The van der Waals surface area contributed by atoms with Gasteiger partial charge in [0.15, 0.2) is 9.84 Å². The van der Waals surface area contributed by atoms with Crippen molar-refractivity contribution >= 4 is 61.5 Å². The molecule has 0 saturated heterocycles. The molecule has 21 heavy (non-hydrogen) atoms. The van der Waals surface area contributed by atoms with Crippen LogP contribution in [0, 0.1) is 0 Å². The summed E-state index contributed by atoms with van der Waals surface area (Å²) in [7, 11) is -3.19. The third-order valence-corrected chi connectivity index (χ3v) is 6.77. The number of rotatable bonds is 4. The molecular formula is C12H15Cl2N3O2S2. The van der Waals surface area contributed by atoms with Crippen molar-refractivity contribution < 1.29 is 8.42 Å². The highest BCUT2D eigenvalue weighted by Gasteiger charge is 2.28. The molecule has 1 aliphatic heterocycles. The van der Waals surface area contributed by atoms with Gasteiger partial charge in [0.1, 0.15) is 11.4 Å². The standard InChI is InChI=1S/C12H15Cl2N3O2S2/c1-12(2,3)21(18,19)5-4-15-9-7(13)6-8(14)10-11(9)17-20-16-10/h6,15H,4-5H2,1-3H3. The van der Waals surface area contributed by atoms with Gasteiger partial charge in [0.05, 0.1) is 37.6 Å². The lowest BCUT2D eigenvalue weighted by molar-refractivity contribution is 0.560. The normalized spacial score (nSPS) is 14.0. The van der Waals surface area contributed by atoms with E-state index in [1.54, 1.807) is 26.8 Å². The molecule has 0 amide bonds. The fraction of sp³-hybridized carbons (Fsp3) is 0.500. The van der Waals surface area contributed by atoms with E-state index in [4.69, 9.17) is 23.2 Å². The van der Waals surface area contributed by atoms with Gasteiger partial charge in [-0.25, -0.2) is 8.42 Å². The molecule has 1 heterocycles. The zero-order chi connectivity index (χ0) is 15.8. The summed E-state index contributed by atoms with van der Waals surface area (Å²) in [6.45, 7) is 5.29. The Bertz CT molecular complexity index is 749. The first-order valence-electron chi connectivity index (χ1n) is 6.20. The summed E-state index contributed by atoms with van der Waals surface area (Å²) in [5, 5.41) is 3.86. The van der Waals surface area contributed by atoms with Crippen molar-refractivity contribution in [3.05, 3.63) is 16.1 Å². The predicted octanol–water partition coefficient (Wildman–Crippen LogP) is 4.35. The number of nitrogens with one attached hydrogen (secondary N) is 1. The Balaban J connectivity index is 2.17. The topological polar surface area (TPSA) is 70.9 Å². The van der Waals surface area contributed by atoms with Gasteiger partial charge in [0.25, 0.3) is 0 Å². The molecule has 2 rings (SSSR count).